The van der Waals surface area contributed by atoms with Gasteiger partial charge in [0.05, 0.1) is 19.8 Å². The van der Waals surface area contributed by atoms with Crippen LogP contribution in [0, 0.1) is 5.92 Å². The Hall–Kier alpha value is -1.22. The van der Waals surface area contributed by atoms with E-state index in [0.717, 1.165) is 49.0 Å². The lowest BCUT2D eigenvalue weighted by molar-refractivity contribution is 0.198. The molecule has 1 saturated carbocycles. The van der Waals surface area contributed by atoms with Crippen molar-refractivity contribution in [3.63, 3.8) is 0 Å². The number of para-hydroxylation sites is 1. The molecule has 0 radical (unpaired) electrons. The van der Waals surface area contributed by atoms with Gasteiger partial charge in [-0.3, -0.25) is 0 Å². The second-order valence-corrected chi connectivity index (χ2v) is 8.30. The lowest BCUT2D eigenvalue weighted by atomic mass is 9.97. The fourth-order valence-electron chi connectivity index (χ4n) is 4.17. The maximum absolute atomic E-state index is 6.35. The zero-order valence-electron chi connectivity index (χ0n) is 18.8. The number of hydrogen-bond donors (Lipinski definition) is 2. The molecule has 1 heterocycles. The monoisotopic (exact) mass is 530 g/mol. The van der Waals surface area contributed by atoms with Gasteiger partial charge in [-0.2, -0.15) is 0 Å². The van der Waals surface area contributed by atoms with Crippen molar-refractivity contribution < 1.29 is 9.47 Å². The molecule has 0 amide bonds. The Morgan fingerprint density at radius 3 is 2.53 bits per heavy atom. The van der Waals surface area contributed by atoms with Crippen LogP contribution < -0.4 is 20.1 Å². The third-order valence-electron chi connectivity index (χ3n) is 6.02. The molecule has 3 rings (SSSR count). The van der Waals surface area contributed by atoms with Crippen molar-refractivity contribution in [3.05, 3.63) is 23.8 Å². The van der Waals surface area contributed by atoms with E-state index < -0.39 is 0 Å². The van der Waals surface area contributed by atoms with Crippen LogP contribution in [0.3, 0.4) is 0 Å². The predicted molar refractivity (Wildman–Crippen MR) is 134 cm³/mol. The van der Waals surface area contributed by atoms with Gasteiger partial charge in [0.2, 0.25) is 0 Å². The van der Waals surface area contributed by atoms with Crippen molar-refractivity contribution in [2.75, 3.05) is 40.3 Å². The summed E-state index contributed by atoms with van der Waals surface area (Å²) in [5, 5.41) is 6.92. The quantitative estimate of drug-likeness (QED) is 0.302. The maximum atomic E-state index is 6.35. The van der Waals surface area contributed by atoms with Crippen LogP contribution in [-0.4, -0.2) is 57.3 Å². The van der Waals surface area contributed by atoms with E-state index in [1.807, 2.05) is 12.1 Å². The van der Waals surface area contributed by atoms with Gasteiger partial charge in [0, 0.05) is 18.7 Å². The average molecular weight is 530 g/mol. The largest absolute Gasteiger partial charge is 0.493 e. The molecule has 170 valence electrons. The van der Waals surface area contributed by atoms with Crippen LogP contribution in [0.25, 0.3) is 0 Å². The Morgan fingerprint density at radius 1 is 1.13 bits per heavy atom. The molecule has 1 saturated heterocycles. The predicted octanol–water partition coefficient (Wildman–Crippen LogP) is 4.03. The van der Waals surface area contributed by atoms with Crippen LogP contribution in [0.4, 0.5) is 0 Å². The fraction of sp³-hybridized carbons (Fsp3) is 0.696. The number of methoxy groups -OCH3 is 1. The molecule has 1 aliphatic heterocycles. The summed E-state index contributed by atoms with van der Waals surface area (Å²) in [5.74, 6) is 3.25. The number of nitrogens with one attached hydrogen (secondary N) is 2. The smallest absolute Gasteiger partial charge is 0.191 e. The first-order chi connectivity index (χ1) is 14.2. The molecule has 2 aliphatic rings. The van der Waals surface area contributed by atoms with E-state index in [1.54, 1.807) is 7.11 Å². The summed E-state index contributed by atoms with van der Waals surface area (Å²) in [6.45, 7) is 6.87. The summed E-state index contributed by atoms with van der Waals surface area (Å²) in [6.07, 6.45) is 7.54. The third-order valence-corrected chi connectivity index (χ3v) is 6.02. The summed E-state index contributed by atoms with van der Waals surface area (Å²) in [5.41, 5.74) is 1.08. The topological polar surface area (TPSA) is 58.1 Å². The molecule has 7 heteroatoms. The molecule has 0 aromatic heterocycles. The minimum atomic E-state index is 0. The van der Waals surface area contributed by atoms with Gasteiger partial charge in [-0.05, 0) is 77.6 Å². The van der Waals surface area contributed by atoms with Crippen LogP contribution >= 0.6 is 24.0 Å². The van der Waals surface area contributed by atoms with E-state index >= 15 is 0 Å². The van der Waals surface area contributed by atoms with Crippen LogP contribution in [-0.2, 0) is 6.54 Å². The van der Waals surface area contributed by atoms with E-state index in [0.29, 0.717) is 18.6 Å². The average Bonchev–Trinajstić information content (AvgIpc) is 3.25. The van der Waals surface area contributed by atoms with E-state index in [2.05, 4.69) is 35.6 Å². The van der Waals surface area contributed by atoms with Crippen molar-refractivity contribution >= 4 is 29.9 Å². The maximum Gasteiger partial charge on any atom is 0.191 e. The zero-order chi connectivity index (χ0) is 20.5. The van der Waals surface area contributed by atoms with Crippen LogP contribution in [0.5, 0.6) is 11.5 Å². The van der Waals surface area contributed by atoms with Crippen molar-refractivity contribution in [2.24, 2.45) is 10.9 Å². The van der Waals surface area contributed by atoms with Crippen LogP contribution in [0.1, 0.15) is 51.0 Å². The number of likely N-dealkylation sites (tertiary alicyclic amines) is 1. The first-order valence-corrected chi connectivity index (χ1v) is 11.2. The Labute approximate surface area is 199 Å². The number of benzene rings is 1. The Kier molecular flexibility index (Phi) is 11.1. The van der Waals surface area contributed by atoms with Gasteiger partial charge in [-0.25, -0.2) is 4.99 Å². The van der Waals surface area contributed by atoms with Gasteiger partial charge < -0.3 is 25.0 Å². The molecule has 2 N–H and O–H groups in total. The molecule has 0 unspecified atom stereocenters. The molecule has 1 aromatic carbocycles. The minimum absolute atomic E-state index is 0. The number of rotatable bonds is 8. The Bertz CT molecular complexity index is 657. The number of aliphatic imine (C=N–C) groups is 1. The van der Waals surface area contributed by atoms with Gasteiger partial charge >= 0.3 is 0 Å². The van der Waals surface area contributed by atoms with E-state index in [-0.39, 0.29) is 24.0 Å². The highest BCUT2D eigenvalue weighted by atomic mass is 127. The second kappa shape index (κ2) is 13.2. The first-order valence-electron chi connectivity index (χ1n) is 11.2. The SMILES string of the molecule is CCNC(=NCc1cccc(OC)c1OC1CCCC1)NCC1CCN(C)CC1.I. The Balaban J connectivity index is 0.00000320. The molecule has 30 heavy (non-hydrogen) atoms. The summed E-state index contributed by atoms with van der Waals surface area (Å²) < 4.78 is 11.9. The van der Waals surface area contributed by atoms with Crippen LogP contribution in [0.15, 0.2) is 23.2 Å². The minimum Gasteiger partial charge on any atom is -0.493 e. The molecule has 0 bridgehead atoms. The molecule has 0 spiro atoms. The van der Waals surface area contributed by atoms with Gasteiger partial charge in [0.15, 0.2) is 17.5 Å². The van der Waals surface area contributed by atoms with Crippen molar-refractivity contribution in [2.45, 2.75) is 58.1 Å². The third kappa shape index (κ3) is 7.48. The number of halogens is 1. The zero-order valence-corrected chi connectivity index (χ0v) is 21.1. The van der Waals surface area contributed by atoms with E-state index in [4.69, 9.17) is 14.5 Å². The number of nitrogens with zero attached hydrogens (tertiary/aromatic N) is 2. The number of piperidine rings is 1. The lowest BCUT2D eigenvalue weighted by Gasteiger charge is -2.29. The molecule has 0 atom stereocenters. The van der Waals surface area contributed by atoms with E-state index in [1.165, 1.54) is 38.8 Å². The molecule has 2 fully saturated rings. The van der Waals surface area contributed by atoms with Crippen molar-refractivity contribution in [1.82, 2.24) is 15.5 Å². The summed E-state index contributed by atoms with van der Waals surface area (Å²) in [4.78, 5) is 7.25. The van der Waals surface area contributed by atoms with Gasteiger partial charge in [-0.15, -0.1) is 24.0 Å². The molecular weight excluding hydrogens is 491 g/mol. The van der Waals surface area contributed by atoms with Gasteiger partial charge in [-0.1, -0.05) is 12.1 Å². The standard InChI is InChI=1S/C23H38N4O2.HI/c1-4-24-23(25-16-18-12-14-27(2)15-13-18)26-17-19-8-7-11-21(28-3)22(19)29-20-9-5-6-10-20;/h7-8,11,18,20H,4-6,9-10,12-17H2,1-3H3,(H2,24,25,26);1H. The molecule has 1 aliphatic carbocycles. The highest BCUT2D eigenvalue weighted by Gasteiger charge is 2.21. The normalized spacial score (nSPS) is 18.7. The summed E-state index contributed by atoms with van der Waals surface area (Å²) >= 11 is 0. The summed E-state index contributed by atoms with van der Waals surface area (Å²) in [7, 11) is 3.91. The number of guanidine groups is 1. The summed E-state index contributed by atoms with van der Waals surface area (Å²) in [6, 6.07) is 6.09. The number of ether oxygens (including phenoxy) is 2. The second-order valence-electron chi connectivity index (χ2n) is 8.30. The number of hydrogen-bond acceptors (Lipinski definition) is 4. The van der Waals surface area contributed by atoms with E-state index in [9.17, 15) is 0 Å². The van der Waals surface area contributed by atoms with Gasteiger partial charge in [0.25, 0.3) is 0 Å². The highest BCUT2D eigenvalue weighted by molar-refractivity contribution is 14.0. The van der Waals surface area contributed by atoms with Crippen molar-refractivity contribution in [1.29, 1.82) is 0 Å². The van der Waals surface area contributed by atoms with Crippen molar-refractivity contribution in [3.8, 4) is 11.5 Å². The Morgan fingerprint density at radius 2 is 1.87 bits per heavy atom. The fourth-order valence-corrected chi connectivity index (χ4v) is 4.17. The van der Waals surface area contributed by atoms with Gasteiger partial charge in [0.1, 0.15) is 0 Å². The lowest BCUT2D eigenvalue weighted by Crippen LogP contribution is -2.42. The first kappa shape index (κ1) is 25.0. The highest BCUT2D eigenvalue weighted by Crippen LogP contribution is 2.35. The molecular formula is C23H39IN4O2. The molecule has 1 aromatic rings. The molecule has 6 nitrogen and oxygen atoms in total. The van der Waals surface area contributed by atoms with Crippen LogP contribution in [0.2, 0.25) is 0 Å².